The van der Waals surface area contributed by atoms with Gasteiger partial charge in [-0.25, -0.2) is 0 Å². The molecule has 1 nitrogen and oxygen atoms in total. The summed E-state index contributed by atoms with van der Waals surface area (Å²) < 4.78 is 18.5. The van der Waals surface area contributed by atoms with E-state index in [0.29, 0.717) is 13.0 Å². The molecule has 0 radical (unpaired) electrons. The van der Waals surface area contributed by atoms with Crippen molar-refractivity contribution in [2.75, 3.05) is 13.3 Å². The lowest BCUT2D eigenvalue weighted by Gasteiger charge is -2.28. The summed E-state index contributed by atoms with van der Waals surface area (Å²) in [5, 5.41) is 4.00. The van der Waals surface area contributed by atoms with Gasteiger partial charge in [-0.2, -0.15) is 0 Å². The average Bonchev–Trinajstić information content (AvgIpc) is 2.87. The Bertz CT molecular complexity index is 1040. The largest absolute Gasteiger partial charge is 0.493 e. The molecule has 162 valence electrons. The Kier molecular flexibility index (Phi) is 7.69. The molecule has 0 amide bonds. The van der Waals surface area contributed by atoms with Crippen LogP contribution in [-0.2, 0) is 6.16 Å². The predicted molar refractivity (Wildman–Crippen MR) is 136 cm³/mol. The third-order valence-corrected chi connectivity index (χ3v) is 10.1. The lowest BCUT2D eigenvalue weighted by Crippen LogP contribution is -2.32. The molecule has 0 unspecified atom stereocenters. The predicted octanol–water partition coefficient (Wildman–Crippen LogP) is 6.31. The summed E-state index contributed by atoms with van der Waals surface area (Å²) in [6, 6.07) is 41.0. The second-order valence-corrected chi connectivity index (χ2v) is 11.4. The summed E-state index contributed by atoms with van der Waals surface area (Å²) in [5.41, 5.74) is 1.32. The Labute approximate surface area is 191 Å². The van der Waals surface area contributed by atoms with E-state index >= 15 is 0 Å². The monoisotopic (exact) mass is 442 g/mol. The molecule has 0 aromatic heterocycles. The molecular weight excluding hydrogens is 413 g/mol. The first-order valence-corrected chi connectivity index (χ1v) is 13.1. The number of rotatable bonds is 10. The SMILES string of the molecule is [18F]CCCCOc1cccc([P+](Cc2ccccc2)(c2ccccc2)c2ccccc2)c1. The maximum absolute atomic E-state index is 12.5. The molecule has 0 saturated carbocycles. The van der Waals surface area contributed by atoms with E-state index in [9.17, 15) is 4.39 Å². The first kappa shape index (κ1) is 22.2. The minimum atomic E-state index is -1.99. The molecule has 4 aromatic rings. The average molecular weight is 443 g/mol. The van der Waals surface area contributed by atoms with Gasteiger partial charge in [0.25, 0.3) is 0 Å². The second kappa shape index (κ2) is 11.1. The summed E-state index contributed by atoms with van der Waals surface area (Å²) in [4.78, 5) is 0. The van der Waals surface area contributed by atoms with E-state index in [4.69, 9.17) is 4.74 Å². The fourth-order valence-corrected chi connectivity index (χ4v) is 8.39. The van der Waals surface area contributed by atoms with Crippen molar-refractivity contribution in [1.82, 2.24) is 0 Å². The van der Waals surface area contributed by atoms with Crippen LogP contribution in [0.5, 0.6) is 5.75 Å². The van der Waals surface area contributed by atoms with Crippen LogP contribution in [0.25, 0.3) is 0 Å². The van der Waals surface area contributed by atoms with Crippen LogP contribution in [0, 0.1) is 0 Å². The summed E-state index contributed by atoms with van der Waals surface area (Å²) in [6.07, 6.45) is 2.20. The number of halogens is 1. The van der Waals surface area contributed by atoms with E-state index in [1.165, 1.54) is 21.5 Å². The highest BCUT2D eigenvalue weighted by Crippen LogP contribution is 2.58. The van der Waals surface area contributed by atoms with Crippen molar-refractivity contribution >= 4 is 23.2 Å². The van der Waals surface area contributed by atoms with Crippen LogP contribution in [0.2, 0.25) is 0 Å². The molecule has 0 heterocycles. The van der Waals surface area contributed by atoms with Gasteiger partial charge in [0, 0.05) is 6.07 Å². The van der Waals surface area contributed by atoms with Gasteiger partial charge in [0.2, 0.25) is 0 Å². The van der Waals surface area contributed by atoms with Crippen LogP contribution in [0.3, 0.4) is 0 Å². The smallest absolute Gasteiger partial charge is 0.123 e. The normalized spacial score (nSPS) is 11.3. The molecule has 0 saturated heterocycles. The molecule has 4 aromatic carbocycles. The van der Waals surface area contributed by atoms with Gasteiger partial charge in [-0.05, 0) is 54.8 Å². The van der Waals surface area contributed by atoms with E-state index in [-0.39, 0.29) is 6.67 Å². The Morgan fingerprint density at radius 2 is 1.16 bits per heavy atom. The third-order valence-electron chi connectivity index (χ3n) is 5.71. The molecule has 0 bridgehead atoms. The summed E-state index contributed by atoms with van der Waals surface area (Å²) in [6.45, 7) is 0.241. The molecule has 0 spiro atoms. The van der Waals surface area contributed by atoms with Gasteiger partial charge in [-0.1, -0.05) is 72.8 Å². The van der Waals surface area contributed by atoms with Crippen LogP contribution in [0.4, 0.5) is 4.39 Å². The van der Waals surface area contributed by atoms with Gasteiger partial charge in [0.05, 0.1) is 19.4 Å². The Hall–Kier alpha value is -2.96. The van der Waals surface area contributed by atoms with Crippen molar-refractivity contribution in [3.63, 3.8) is 0 Å². The number of benzene rings is 4. The molecule has 4 rings (SSSR count). The van der Waals surface area contributed by atoms with Crippen LogP contribution in [0.1, 0.15) is 18.4 Å². The molecular formula is C29H29FOP+. The minimum Gasteiger partial charge on any atom is -0.493 e. The van der Waals surface area contributed by atoms with E-state index < -0.39 is 7.26 Å². The molecule has 3 heteroatoms. The van der Waals surface area contributed by atoms with Crippen LogP contribution < -0.4 is 20.7 Å². The topological polar surface area (TPSA) is 9.23 Å². The second-order valence-electron chi connectivity index (χ2n) is 7.87. The summed E-state index contributed by atoms with van der Waals surface area (Å²) in [7, 11) is -1.99. The summed E-state index contributed by atoms with van der Waals surface area (Å²) >= 11 is 0. The number of unbranched alkanes of at least 4 members (excludes halogenated alkanes) is 1. The molecule has 0 atom stereocenters. The van der Waals surface area contributed by atoms with Gasteiger partial charge >= 0.3 is 0 Å². The Balaban J connectivity index is 1.85. The zero-order valence-corrected chi connectivity index (χ0v) is 19.1. The zero-order valence-electron chi connectivity index (χ0n) is 18.2. The van der Waals surface area contributed by atoms with Crippen molar-refractivity contribution in [3.8, 4) is 5.75 Å². The maximum Gasteiger partial charge on any atom is 0.123 e. The van der Waals surface area contributed by atoms with Crippen molar-refractivity contribution in [2.24, 2.45) is 0 Å². The number of hydrogen-bond donors (Lipinski definition) is 0. The minimum absolute atomic E-state index is 0.295. The van der Waals surface area contributed by atoms with Crippen molar-refractivity contribution < 1.29 is 9.13 Å². The highest BCUT2D eigenvalue weighted by atomic mass is 31.2. The standard InChI is InChI=1S/C29H29FOP/c30-21-10-11-22-31-26-15-12-20-29(23-26)32(27-16-6-2-7-17-27,28-18-8-3-9-19-28)24-25-13-4-1-5-14-25/h1-9,12-20,23H,10-11,21-22,24H2/q+1/i30-1. The van der Waals surface area contributed by atoms with Gasteiger partial charge < -0.3 is 4.74 Å². The molecule has 0 aliphatic rings. The van der Waals surface area contributed by atoms with Crippen molar-refractivity contribution in [3.05, 3.63) is 121 Å². The van der Waals surface area contributed by atoms with Gasteiger partial charge in [0.15, 0.2) is 0 Å². The lowest BCUT2D eigenvalue weighted by molar-refractivity contribution is 0.297. The molecule has 32 heavy (non-hydrogen) atoms. The van der Waals surface area contributed by atoms with E-state index in [2.05, 4.69) is 109 Å². The lowest BCUT2D eigenvalue weighted by atomic mass is 10.2. The van der Waals surface area contributed by atoms with Gasteiger partial charge in [-0.3, -0.25) is 4.39 Å². The van der Waals surface area contributed by atoms with Crippen molar-refractivity contribution in [1.29, 1.82) is 0 Å². The van der Waals surface area contributed by atoms with E-state index in [0.717, 1.165) is 18.3 Å². The zero-order chi connectivity index (χ0) is 22.1. The van der Waals surface area contributed by atoms with Crippen LogP contribution in [-0.4, -0.2) is 13.3 Å². The number of hydrogen-bond acceptors (Lipinski definition) is 1. The fraction of sp³-hybridized carbons (Fsp3) is 0.172. The maximum atomic E-state index is 12.5. The summed E-state index contributed by atoms with van der Waals surface area (Å²) in [5.74, 6) is 0.852. The third kappa shape index (κ3) is 5.09. The van der Waals surface area contributed by atoms with Crippen molar-refractivity contribution in [2.45, 2.75) is 19.0 Å². The molecule has 0 N–H and O–H groups in total. The van der Waals surface area contributed by atoms with Crippen LogP contribution in [0.15, 0.2) is 115 Å². The van der Waals surface area contributed by atoms with E-state index in [1.54, 1.807) is 0 Å². The van der Waals surface area contributed by atoms with Crippen LogP contribution >= 0.6 is 7.26 Å². The number of ether oxygens (including phenoxy) is 1. The molecule has 0 aliphatic carbocycles. The fourth-order valence-electron chi connectivity index (χ4n) is 4.14. The van der Waals surface area contributed by atoms with Gasteiger partial charge in [-0.15, -0.1) is 0 Å². The van der Waals surface area contributed by atoms with Gasteiger partial charge in [0.1, 0.15) is 28.9 Å². The first-order valence-electron chi connectivity index (χ1n) is 11.2. The highest BCUT2D eigenvalue weighted by molar-refractivity contribution is 7.95. The Morgan fingerprint density at radius 3 is 1.75 bits per heavy atom. The Morgan fingerprint density at radius 1 is 0.594 bits per heavy atom. The van der Waals surface area contributed by atoms with E-state index in [1.807, 2.05) is 6.07 Å². The number of alkyl halides is 1. The molecule has 0 fully saturated rings. The first-order chi connectivity index (χ1) is 15.8. The quantitative estimate of drug-likeness (QED) is 0.207. The molecule has 0 aliphatic heterocycles. The highest BCUT2D eigenvalue weighted by Gasteiger charge is 2.45.